The van der Waals surface area contributed by atoms with Crippen molar-refractivity contribution < 1.29 is 22.7 Å². The normalized spacial score (nSPS) is 13.1. The number of hydrogen-bond acceptors (Lipinski definition) is 7. The molecule has 1 aromatic heterocycles. The van der Waals surface area contributed by atoms with Crippen molar-refractivity contribution in [2.24, 2.45) is 0 Å². The fourth-order valence-corrected chi connectivity index (χ4v) is 4.72. The second-order valence-electron chi connectivity index (χ2n) is 6.25. The first-order valence-corrected chi connectivity index (χ1v) is 11.5. The van der Waals surface area contributed by atoms with Crippen LogP contribution in [0.3, 0.4) is 0 Å². The van der Waals surface area contributed by atoms with Gasteiger partial charge in [0, 0.05) is 10.9 Å². The maximum atomic E-state index is 12.7. The summed E-state index contributed by atoms with van der Waals surface area (Å²) in [7, 11) is -3.52. The minimum atomic E-state index is -3.52. The van der Waals surface area contributed by atoms with Crippen LogP contribution in [-0.4, -0.2) is 38.3 Å². The van der Waals surface area contributed by atoms with Gasteiger partial charge in [-0.15, -0.1) is 11.3 Å². The van der Waals surface area contributed by atoms with Gasteiger partial charge in [0.15, 0.2) is 26.5 Å². The van der Waals surface area contributed by atoms with E-state index in [0.717, 1.165) is 5.56 Å². The molecule has 9 heteroatoms. The number of amides is 1. The minimum absolute atomic E-state index is 0.0172. The van der Waals surface area contributed by atoms with E-state index in [9.17, 15) is 13.2 Å². The molecule has 0 bridgehead atoms. The third kappa shape index (κ3) is 3.96. The Kier molecular flexibility index (Phi) is 5.25. The van der Waals surface area contributed by atoms with Crippen molar-refractivity contribution in [3.8, 4) is 22.8 Å². The van der Waals surface area contributed by atoms with E-state index in [1.807, 2.05) is 23.6 Å². The van der Waals surface area contributed by atoms with Crippen molar-refractivity contribution in [2.45, 2.75) is 11.8 Å². The monoisotopic (exact) mass is 430 g/mol. The number of ether oxygens (including phenoxy) is 2. The van der Waals surface area contributed by atoms with Gasteiger partial charge >= 0.3 is 0 Å². The SMILES string of the molecule is CCS(=O)(=O)c1ccccc1C(=O)Nc1nc(-c2ccc3c(c2)OCCO3)cs1. The van der Waals surface area contributed by atoms with Crippen LogP contribution in [0.1, 0.15) is 17.3 Å². The Bertz CT molecular complexity index is 1170. The number of rotatable bonds is 5. The van der Waals surface area contributed by atoms with Crippen LogP contribution in [0.5, 0.6) is 11.5 Å². The molecule has 0 fully saturated rings. The largest absolute Gasteiger partial charge is 0.486 e. The molecule has 1 aliphatic rings. The molecule has 1 aliphatic heterocycles. The van der Waals surface area contributed by atoms with Crippen molar-refractivity contribution in [1.29, 1.82) is 0 Å². The molecule has 1 amide bonds. The molecule has 4 rings (SSSR count). The number of hydrogen-bond donors (Lipinski definition) is 1. The van der Waals surface area contributed by atoms with Crippen molar-refractivity contribution in [1.82, 2.24) is 4.98 Å². The van der Waals surface area contributed by atoms with Gasteiger partial charge in [0.2, 0.25) is 0 Å². The van der Waals surface area contributed by atoms with Gasteiger partial charge in [0.05, 0.1) is 21.9 Å². The molecule has 0 atom stereocenters. The Labute approximate surface area is 172 Å². The lowest BCUT2D eigenvalue weighted by Crippen LogP contribution is -2.17. The number of nitrogens with one attached hydrogen (secondary N) is 1. The Balaban J connectivity index is 1.57. The third-order valence-corrected chi connectivity index (χ3v) is 6.95. The summed E-state index contributed by atoms with van der Waals surface area (Å²) >= 11 is 1.26. The van der Waals surface area contributed by atoms with E-state index >= 15 is 0 Å². The van der Waals surface area contributed by atoms with Gasteiger partial charge in [0.1, 0.15) is 13.2 Å². The van der Waals surface area contributed by atoms with Gasteiger partial charge in [0.25, 0.3) is 5.91 Å². The van der Waals surface area contributed by atoms with E-state index in [4.69, 9.17) is 9.47 Å². The molecule has 0 aliphatic carbocycles. The number of aromatic nitrogens is 1. The molecule has 0 radical (unpaired) electrons. The van der Waals surface area contributed by atoms with Gasteiger partial charge in [-0.25, -0.2) is 13.4 Å². The molecule has 3 aromatic rings. The number of carbonyl (C=O) groups is 1. The summed E-state index contributed by atoms with van der Waals surface area (Å²) in [6, 6.07) is 11.7. The van der Waals surface area contributed by atoms with Crippen molar-refractivity contribution in [3.05, 3.63) is 53.4 Å². The standard InChI is InChI=1S/C20H18N2O5S2/c1-2-29(24,25)18-6-4-3-5-14(18)19(23)22-20-21-15(12-28-20)13-7-8-16-17(11-13)27-10-9-26-16/h3-8,11-12H,2,9-10H2,1H3,(H,21,22,23). The number of nitrogens with zero attached hydrogens (tertiary/aromatic N) is 1. The fraction of sp³-hybridized carbons (Fsp3) is 0.200. The number of anilines is 1. The van der Waals surface area contributed by atoms with Gasteiger partial charge in [-0.05, 0) is 30.3 Å². The Morgan fingerprint density at radius 1 is 1.14 bits per heavy atom. The lowest BCUT2D eigenvalue weighted by molar-refractivity contribution is 0.102. The molecule has 1 N–H and O–H groups in total. The highest BCUT2D eigenvalue weighted by molar-refractivity contribution is 7.91. The van der Waals surface area contributed by atoms with E-state index in [-0.39, 0.29) is 16.2 Å². The molecule has 2 aromatic carbocycles. The van der Waals surface area contributed by atoms with Crippen molar-refractivity contribution in [3.63, 3.8) is 0 Å². The van der Waals surface area contributed by atoms with Gasteiger partial charge in [-0.3, -0.25) is 10.1 Å². The maximum Gasteiger partial charge on any atom is 0.258 e. The second-order valence-corrected chi connectivity index (χ2v) is 9.35. The maximum absolute atomic E-state index is 12.7. The van der Waals surface area contributed by atoms with E-state index < -0.39 is 15.7 Å². The molecule has 2 heterocycles. The Morgan fingerprint density at radius 2 is 1.90 bits per heavy atom. The molecule has 29 heavy (non-hydrogen) atoms. The van der Waals surface area contributed by atoms with Gasteiger partial charge < -0.3 is 9.47 Å². The molecule has 0 saturated heterocycles. The topological polar surface area (TPSA) is 94.6 Å². The number of carbonyl (C=O) groups excluding carboxylic acids is 1. The van der Waals surface area contributed by atoms with Crippen LogP contribution in [-0.2, 0) is 9.84 Å². The number of thiazole rings is 1. The highest BCUT2D eigenvalue weighted by Crippen LogP contribution is 2.35. The third-order valence-electron chi connectivity index (χ3n) is 4.41. The summed E-state index contributed by atoms with van der Waals surface area (Å²) < 4.78 is 35.7. The van der Waals surface area contributed by atoms with Crippen LogP contribution in [0.25, 0.3) is 11.3 Å². The zero-order valence-corrected chi connectivity index (χ0v) is 17.2. The molecular weight excluding hydrogens is 412 g/mol. The van der Waals surface area contributed by atoms with Crippen LogP contribution < -0.4 is 14.8 Å². The summed E-state index contributed by atoms with van der Waals surface area (Å²) in [6.45, 7) is 2.56. The van der Waals surface area contributed by atoms with E-state index in [1.54, 1.807) is 19.1 Å². The molecule has 0 unspecified atom stereocenters. The highest BCUT2D eigenvalue weighted by atomic mass is 32.2. The van der Waals surface area contributed by atoms with Crippen LogP contribution in [0, 0.1) is 0 Å². The number of sulfone groups is 1. The average Bonchev–Trinajstić information content (AvgIpc) is 3.22. The molecule has 150 valence electrons. The second kappa shape index (κ2) is 7.84. The Morgan fingerprint density at radius 3 is 2.69 bits per heavy atom. The summed E-state index contributed by atoms with van der Waals surface area (Å²) in [4.78, 5) is 17.2. The Hall–Kier alpha value is -2.91. The van der Waals surface area contributed by atoms with Crippen LogP contribution in [0.4, 0.5) is 5.13 Å². The zero-order valence-electron chi connectivity index (χ0n) is 15.5. The molecule has 0 saturated carbocycles. The van der Waals surface area contributed by atoms with E-state index in [0.29, 0.717) is 35.5 Å². The van der Waals surface area contributed by atoms with Crippen molar-refractivity contribution in [2.75, 3.05) is 24.3 Å². The molecular formula is C20H18N2O5S2. The van der Waals surface area contributed by atoms with E-state index in [2.05, 4.69) is 10.3 Å². The van der Waals surface area contributed by atoms with Gasteiger partial charge in [-0.1, -0.05) is 19.1 Å². The lowest BCUT2D eigenvalue weighted by Gasteiger charge is -2.18. The van der Waals surface area contributed by atoms with Crippen molar-refractivity contribution >= 4 is 32.2 Å². The molecule has 0 spiro atoms. The smallest absolute Gasteiger partial charge is 0.258 e. The number of fused-ring (bicyclic) bond motifs is 1. The first kappa shape index (κ1) is 19.4. The predicted molar refractivity (Wildman–Crippen MR) is 111 cm³/mol. The summed E-state index contributed by atoms with van der Waals surface area (Å²) in [5, 5.41) is 4.89. The minimum Gasteiger partial charge on any atom is -0.486 e. The first-order valence-electron chi connectivity index (χ1n) is 8.96. The average molecular weight is 431 g/mol. The van der Waals surface area contributed by atoms with Crippen LogP contribution in [0.15, 0.2) is 52.7 Å². The summed E-state index contributed by atoms with van der Waals surface area (Å²) in [6.07, 6.45) is 0. The first-order chi connectivity index (χ1) is 14.0. The summed E-state index contributed by atoms with van der Waals surface area (Å²) in [5.41, 5.74) is 1.61. The lowest BCUT2D eigenvalue weighted by atomic mass is 10.1. The number of benzene rings is 2. The highest BCUT2D eigenvalue weighted by Gasteiger charge is 2.21. The quantitative estimate of drug-likeness (QED) is 0.664. The van der Waals surface area contributed by atoms with Crippen LogP contribution >= 0.6 is 11.3 Å². The van der Waals surface area contributed by atoms with E-state index in [1.165, 1.54) is 23.5 Å². The summed E-state index contributed by atoms with van der Waals surface area (Å²) in [5.74, 6) is 0.757. The van der Waals surface area contributed by atoms with Crippen LogP contribution in [0.2, 0.25) is 0 Å². The van der Waals surface area contributed by atoms with Gasteiger partial charge in [-0.2, -0.15) is 0 Å². The zero-order chi connectivity index (χ0) is 20.4. The predicted octanol–water partition coefficient (Wildman–Crippen LogP) is 3.63. The molecule has 7 nitrogen and oxygen atoms in total. The fourth-order valence-electron chi connectivity index (χ4n) is 2.91.